The van der Waals surface area contributed by atoms with E-state index < -0.39 is 11.9 Å². The molecule has 0 aromatic heterocycles. The zero-order valence-electron chi connectivity index (χ0n) is 10.9. The van der Waals surface area contributed by atoms with E-state index in [1.165, 1.54) is 0 Å². The highest BCUT2D eigenvalue weighted by Gasteiger charge is 2.16. The van der Waals surface area contributed by atoms with E-state index in [-0.39, 0.29) is 18.6 Å². The molecule has 1 fully saturated rings. The quantitative estimate of drug-likeness (QED) is 0.532. The first-order valence-corrected chi connectivity index (χ1v) is 6.21. The van der Waals surface area contributed by atoms with Gasteiger partial charge in [-0.3, -0.25) is 0 Å². The Morgan fingerprint density at radius 1 is 1.28 bits per heavy atom. The fourth-order valence-electron chi connectivity index (χ4n) is 1.43. The van der Waals surface area contributed by atoms with Gasteiger partial charge >= 0.3 is 11.9 Å². The van der Waals surface area contributed by atoms with E-state index in [0.29, 0.717) is 6.61 Å². The van der Waals surface area contributed by atoms with Gasteiger partial charge in [0.2, 0.25) is 0 Å². The summed E-state index contributed by atoms with van der Waals surface area (Å²) in [6.45, 7) is 5.18. The largest absolute Gasteiger partial charge is 0.462 e. The fourth-order valence-corrected chi connectivity index (χ4v) is 1.43. The number of hydrogen-bond donors (Lipinski definition) is 0. The van der Waals surface area contributed by atoms with Gasteiger partial charge in [0.1, 0.15) is 6.61 Å². The van der Waals surface area contributed by atoms with Crippen molar-refractivity contribution in [2.24, 2.45) is 5.92 Å². The van der Waals surface area contributed by atoms with Crippen LogP contribution in [0.15, 0.2) is 12.2 Å². The maximum atomic E-state index is 11.3. The Morgan fingerprint density at radius 2 is 1.94 bits per heavy atom. The molecule has 0 aliphatic carbocycles. The van der Waals surface area contributed by atoms with Crippen molar-refractivity contribution >= 4 is 11.9 Å². The summed E-state index contributed by atoms with van der Waals surface area (Å²) in [4.78, 5) is 22.4. The van der Waals surface area contributed by atoms with E-state index >= 15 is 0 Å². The van der Waals surface area contributed by atoms with Crippen LogP contribution in [0.3, 0.4) is 0 Å². The average molecular weight is 256 g/mol. The Kier molecular flexibility index (Phi) is 6.43. The summed E-state index contributed by atoms with van der Waals surface area (Å²) in [6, 6.07) is 0. The van der Waals surface area contributed by atoms with E-state index in [1.54, 1.807) is 0 Å². The highest BCUT2D eigenvalue weighted by Crippen LogP contribution is 2.11. The minimum atomic E-state index is -0.549. The molecule has 1 rings (SSSR count). The molecule has 1 atom stereocenters. The molecule has 1 aliphatic heterocycles. The van der Waals surface area contributed by atoms with Gasteiger partial charge in [-0.05, 0) is 18.8 Å². The summed E-state index contributed by atoms with van der Waals surface area (Å²) < 4.78 is 15.1. The van der Waals surface area contributed by atoms with Crippen LogP contribution in [0.5, 0.6) is 0 Å². The van der Waals surface area contributed by atoms with Crippen molar-refractivity contribution in [1.29, 1.82) is 0 Å². The molecule has 0 bridgehead atoms. The second-order valence-corrected chi connectivity index (χ2v) is 4.62. The van der Waals surface area contributed by atoms with E-state index in [9.17, 15) is 9.59 Å². The molecule has 0 amide bonds. The molecular formula is C13H20O5. The number of rotatable bonds is 6. The van der Waals surface area contributed by atoms with Gasteiger partial charge in [0.25, 0.3) is 0 Å². The monoisotopic (exact) mass is 256 g/mol. The third-order valence-electron chi connectivity index (χ3n) is 2.35. The van der Waals surface area contributed by atoms with Crippen molar-refractivity contribution in [2.45, 2.75) is 32.8 Å². The number of carbonyl (C=O) groups is 2. The summed E-state index contributed by atoms with van der Waals surface area (Å²) in [5, 5.41) is 0. The molecule has 5 nitrogen and oxygen atoms in total. The van der Waals surface area contributed by atoms with Crippen molar-refractivity contribution < 1.29 is 23.8 Å². The molecule has 1 heterocycles. The van der Waals surface area contributed by atoms with Gasteiger partial charge in [0.15, 0.2) is 0 Å². The Hall–Kier alpha value is -1.36. The molecule has 0 aromatic carbocycles. The normalized spacial score (nSPS) is 19.4. The predicted molar refractivity (Wildman–Crippen MR) is 64.9 cm³/mol. The van der Waals surface area contributed by atoms with Crippen LogP contribution in [0.25, 0.3) is 0 Å². The predicted octanol–water partition coefficient (Wildman–Crippen LogP) is 1.46. The van der Waals surface area contributed by atoms with Gasteiger partial charge in [-0.2, -0.15) is 0 Å². The van der Waals surface area contributed by atoms with Crippen LogP contribution in [-0.4, -0.2) is 37.9 Å². The van der Waals surface area contributed by atoms with Crippen LogP contribution >= 0.6 is 0 Å². The number of hydrogen-bond acceptors (Lipinski definition) is 5. The van der Waals surface area contributed by atoms with E-state index in [2.05, 4.69) is 0 Å². The molecule has 1 aliphatic rings. The summed E-state index contributed by atoms with van der Waals surface area (Å²) in [5.41, 5.74) is 0. The summed E-state index contributed by atoms with van der Waals surface area (Å²) in [5.74, 6) is -0.807. The maximum Gasteiger partial charge on any atom is 0.331 e. The maximum absolute atomic E-state index is 11.3. The fraction of sp³-hybridized carbons (Fsp3) is 0.692. The molecule has 0 radical (unpaired) electrons. The Balaban J connectivity index is 2.15. The number of ether oxygens (including phenoxy) is 3. The second kappa shape index (κ2) is 7.87. The third kappa shape index (κ3) is 6.39. The lowest BCUT2D eigenvalue weighted by atomic mass is 10.2. The van der Waals surface area contributed by atoms with Gasteiger partial charge in [0.05, 0.1) is 12.7 Å². The first-order chi connectivity index (χ1) is 8.58. The van der Waals surface area contributed by atoms with Gasteiger partial charge in [0, 0.05) is 18.8 Å². The molecule has 0 spiro atoms. The van der Waals surface area contributed by atoms with Crippen LogP contribution < -0.4 is 0 Å². The second-order valence-electron chi connectivity index (χ2n) is 4.62. The summed E-state index contributed by atoms with van der Waals surface area (Å²) in [7, 11) is 0. The lowest BCUT2D eigenvalue weighted by Crippen LogP contribution is -2.17. The van der Waals surface area contributed by atoms with Crippen LogP contribution in [-0.2, 0) is 23.8 Å². The number of esters is 2. The van der Waals surface area contributed by atoms with Crippen LogP contribution in [0.2, 0.25) is 0 Å². The molecule has 0 aromatic rings. The topological polar surface area (TPSA) is 61.8 Å². The van der Waals surface area contributed by atoms with Gasteiger partial charge in [-0.25, -0.2) is 9.59 Å². The van der Waals surface area contributed by atoms with Crippen molar-refractivity contribution in [2.75, 3.05) is 19.8 Å². The van der Waals surface area contributed by atoms with Gasteiger partial charge < -0.3 is 14.2 Å². The van der Waals surface area contributed by atoms with Crippen molar-refractivity contribution in [1.82, 2.24) is 0 Å². The lowest BCUT2D eigenvalue weighted by Gasteiger charge is -2.08. The molecular weight excluding hydrogens is 236 g/mol. The van der Waals surface area contributed by atoms with Crippen LogP contribution in [0.1, 0.15) is 26.7 Å². The third-order valence-corrected chi connectivity index (χ3v) is 2.35. The average Bonchev–Trinajstić information content (AvgIpc) is 2.84. The molecule has 18 heavy (non-hydrogen) atoms. The zero-order valence-corrected chi connectivity index (χ0v) is 10.9. The van der Waals surface area contributed by atoms with Crippen molar-refractivity contribution in [3.63, 3.8) is 0 Å². The van der Waals surface area contributed by atoms with Crippen molar-refractivity contribution in [3.05, 3.63) is 12.2 Å². The Bertz CT molecular complexity index is 303. The van der Waals surface area contributed by atoms with Gasteiger partial charge in [-0.15, -0.1) is 0 Å². The minimum absolute atomic E-state index is 0.00441. The standard InChI is InChI=1S/C13H20O5/c1-10(2)8-17-12(14)5-6-13(15)18-9-11-4-3-7-16-11/h5-6,10-11H,3-4,7-9H2,1-2H3/b6-5+. The SMILES string of the molecule is CC(C)COC(=O)/C=C/C(=O)OCC1CCCO1. The summed E-state index contributed by atoms with van der Waals surface area (Å²) >= 11 is 0. The van der Waals surface area contributed by atoms with Gasteiger partial charge in [-0.1, -0.05) is 13.8 Å². The first kappa shape index (κ1) is 14.7. The molecule has 1 saturated heterocycles. The molecule has 0 N–H and O–H groups in total. The summed E-state index contributed by atoms with van der Waals surface area (Å²) in [6.07, 6.45) is 4.07. The Morgan fingerprint density at radius 3 is 2.50 bits per heavy atom. The molecule has 1 unspecified atom stereocenters. The highest BCUT2D eigenvalue weighted by molar-refractivity contribution is 5.91. The molecule has 102 valence electrons. The first-order valence-electron chi connectivity index (χ1n) is 6.21. The molecule has 5 heteroatoms. The Labute approximate surface area is 107 Å². The smallest absolute Gasteiger partial charge is 0.331 e. The van der Waals surface area contributed by atoms with Crippen LogP contribution in [0, 0.1) is 5.92 Å². The lowest BCUT2D eigenvalue weighted by molar-refractivity contribution is -0.142. The molecule has 0 saturated carbocycles. The van der Waals surface area contributed by atoms with E-state index in [0.717, 1.165) is 31.6 Å². The number of carbonyl (C=O) groups excluding carboxylic acids is 2. The zero-order chi connectivity index (χ0) is 13.4. The highest BCUT2D eigenvalue weighted by atomic mass is 16.6. The van der Waals surface area contributed by atoms with Crippen molar-refractivity contribution in [3.8, 4) is 0 Å². The van der Waals surface area contributed by atoms with Crippen LogP contribution in [0.4, 0.5) is 0 Å². The minimum Gasteiger partial charge on any atom is -0.462 e. The van der Waals surface area contributed by atoms with E-state index in [1.807, 2.05) is 13.8 Å². The van der Waals surface area contributed by atoms with E-state index in [4.69, 9.17) is 14.2 Å².